The SMILES string of the molecule is COc1cc(C(CN)N(C)CCO)cc(Cl)c1O. The molecule has 0 aliphatic heterocycles. The number of hydrogen-bond donors (Lipinski definition) is 3. The van der Waals surface area contributed by atoms with Gasteiger partial charge in [0.25, 0.3) is 0 Å². The van der Waals surface area contributed by atoms with Gasteiger partial charge in [-0.05, 0) is 24.7 Å². The zero-order valence-corrected chi connectivity index (χ0v) is 11.3. The molecule has 102 valence electrons. The lowest BCUT2D eigenvalue weighted by Gasteiger charge is -2.27. The number of nitrogens with zero attached hydrogens (tertiary/aromatic N) is 1. The molecule has 18 heavy (non-hydrogen) atoms. The third kappa shape index (κ3) is 3.26. The number of ether oxygens (including phenoxy) is 1. The summed E-state index contributed by atoms with van der Waals surface area (Å²) in [4.78, 5) is 1.92. The number of phenols is 1. The monoisotopic (exact) mass is 274 g/mol. The van der Waals surface area contributed by atoms with E-state index in [0.717, 1.165) is 5.56 Å². The van der Waals surface area contributed by atoms with Crippen molar-refractivity contribution < 1.29 is 14.9 Å². The average Bonchev–Trinajstić information content (AvgIpc) is 2.34. The van der Waals surface area contributed by atoms with E-state index < -0.39 is 0 Å². The van der Waals surface area contributed by atoms with Gasteiger partial charge in [0, 0.05) is 19.1 Å². The molecule has 1 atom stereocenters. The molecule has 0 heterocycles. The van der Waals surface area contributed by atoms with E-state index in [1.54, 1.807) is 12.1 Å². The Balaban J connectivity index is 3.10. The van der Waals surface area contributed by atoms with E-state index in [0.29, 0.717) is 18.8 Å². The average molecular weight is 275 g/mol. The summed E-state index contributed by atoms with van der Waals surface area (Å²) < 4.78 is 5.06. The van der Waals surface area contributed by atoms with Crippen LogP contribution in [0.1, 0.15) is 11.6 Å². The summed E-state index contributed by atoms with van der Waals surface area (Å²) in [6, 6.07) is 3.27. The highest BCUT2D eigenvalue weighted by atomic mass is 35.5. The molecule has 0 fully saturated rings. The number of halogens is 1. The van der Waals surface area contributed by atoms with E-state index in [4.69, 9.17) is 27.2 Å². The highest BCUT2D eigenvalue weighted by Crippen LogP contribution is 2.37. The third-order valence-corrected chi connectivity index (χ3v) is 3.15. The molecule has 0 radical (unpaired) electrons. The van der Waals surface area contributed by atoms with Gasteiger partial charge in [-0.3, -0.25) is 4.90 Å². The Kier molecular flexibility index (Phi) is 5.68. The zero-order valence-electron chi connectivity index (χ0n) is 10.6. The van der Waals surface area contributed by atoms with E-state index in [1.807, 2.05) is 11.9 Å². The van der Waals surface area contributed by atoms with E-state index in [2.05, 4.69) is 0 Å². The van der Waals surface area contributed by atoms with Crippen LogP contribution in [0.5, 0.6) is 11.5 Å². The standard InChI is InChI=1S/C12H19ClN2O3/c1-15(3-4-16)10(7-14)8-5-9(13)12(17)11(6-8)18-2/h5-6,10,16-17H,3-4,7,14H2,1-2H3. The van der Waals surface area contributed by atoms with E-state index >= 15 is 0 Å². The van der Waals surface area contributed by atoms with Crippen LogP contribution in [0.2, 0.25) is 5.02 Å². The maximum atomic E-state index is 9.68. The normalized spacial score (nSPS) is 12.8. The number of aliphatic hydroxyl groups is 1. The molecule has 6 heteroatoms. The molecule has 1 rings (SSSR count). The Labute approximate surface area is 112 Å². The maximum Gasteiger partial charge on any atom is 0.176 e. The Hall–Kier alpha value is -1.01. The third-order valence-electron chi connectivity index (χ3n) is 2.86. The predicted molar refractivity (Wildman–Crippen MR) is 71.2 cm³/mol. The van der Waals surface area contributed by atoms with Crippen LogP contribution in [-0.4, -0.2) is 49.0 Å². The summed E-state index contributed by atoms with van der Waals surface area (Å²) in [6.07, 6.45) is 0. The minimum absolute atomic E-state index is 0.0515. The molecular weight excluding hydrogens is 256 g/mol. The Morgan fingerprint density at radius 1 is 1.50 bits per heavy atom. The van der Waals surface area contributed by atoms with Crippen LogP contribution in [-0.2, 0) is 0 Å². The number of nitrogens with two attached hydrogens (primary N) is 1. The Morgan fingerprint density at radius 2 is 2.17 bits per heavy atom. The minimum Gasteiger partial charge on any atom is -0.503 e. The number of hydrogen-bond acceptors (Lipinski definition) is 5. The van der Waals surface area contributed by atoms with Gasteiger partial charge in [-0.1, -0.05) is 11.6 Å². The van der Waals surface area contributed by atoms with Gasteiger partial charge in [0.2, 0.25) is 0 Å². The molecule has 5 nitrogen and oxygen atoms in total. The number of rotatable bonds is 6. The Morgan fingerprint density at radius 3 is 2.67 bits per heavy atom. The first-order valence-corrected chi connectivity index (χ1v) is 6.00. The molecule has 4 N–H and O–H groups in total. The first-order valence-electron chi connectivity index (χ1n) is 5.62. The van der Waals surface area contributed by atoms with E-state index in [-0.39, 0.29) is 23.4 Å². The zero-order chi connectivity index (χ0) is 13.7. The second kappa shape index (κ2) is 6.80. The molecular formula is C12H19ClN2O3. The summed E-state index contributed by atoms with van der Waals surface area (Å²) in [6.45, 7) is 0.930. The summed E-state index contributed by atoms with van der Waals surface area (Å²) in [5.74, 6) is 0.233. The van der Waals surface area contributed by atoms with Gasteiger partial charge >= 0.3 is 0 Å². The molecule has 1 aromatic carbocycles. The van der Waals surface area contributed by atoms with Crippen molar-refractivity contribution in [2.45, 2.75) is 6.04 Å². The molecule has 0 saturated heterocycles. The highest BCUT2D eigenvalue weighted by molar-refractivity contribution is 6.32. The largest absolute Gasteiger partial charge is 0.503 e. The lowest BCUT2D eigenvalue weighted by Crippen LogP contribution is -2.32. The van der Waals surface area contributed by atoms with Crippen molar-refractivity contribution in [2.75, 3.05) is 33.9 Å². The van der Waals surface area contributed by atoms with Crippen molar-refractivity contribution in [3.8, 4) is 11.5 Å². The van der Waals surface area contributed by atoms with Crippen molar-refractivity contribution in [3.05, 3.63) is 22.7 Å². The van der Waals surface area contributed by atoms with E-state index in [9.17, 15) is 5.11 Å². The molecule has 0 bridgehead atoms. The van der Waals surface area contributed by atoms with Crippen LogP contribution in [0.15, 0.2) is 12.1 Å². The van der Waals surface area contributed by atoms with Gasteiger partial charge in [-0.15, -0.1) is 0 Å². The maximum absolute atomic E-state index is 9.68. The molecule has 0 aliphatic carbocycles. The van der Waals surface area contributed by atoms with Crippen molar-refractivity contribution in [3.63, 3.8) is 0 Å². The second-order valence-corrected chi connectivity index (χ2v) is 4.42. The van der Waals surface area contributed by atoms with Crippen molar-refractivity contribution in [1.29, 1.82) is 0 Å². The summed E-state index contributed by atoms with van der Waals surface area (Å²) in [7, 11) is 3.32. The summed E-state index contributed by atoms with van der Waals surface area (Å²) in [5.41, 5.74) is 6.59. The molecule has 1 aromatic rings. The predicted octanol–water partition coefficient (Wildman–Crippen LogP) is 0.978. The van der Waals surface area contributed by atoms with Gasteiger partial charge < -0.3 is 20.7 Å². The van der Waals surface area contributed by atoms with Gasteiger partial charge in [-0.25, -0.2) is 0 Å². The number of likely N-dealkylation sites (N-methyl/N-ethyl adjacent to an activating group) is 1. The first-order chi connectivity index (χ1) is 8.54. The number of methoxy groups -OCH3 is 1. The molecule has 1 unspecified atom stereocenters. The lowest BCUT2D eigenvalue weighted by atomic mass is 10.0. The molecule has 0 saturated carbocycles. The number of benzene rings is 1. The van der Waals surface area contributed by atoms with Crippen molar-refractivity contribution >= 4 is 11.6 Å². The highest BCUT2D eigenvalue weighted by Gasteiger charge is 2.18. The van der Waals surface area contributed by atoms with Crippen LogP contribution >= 0.6 is 11.6 Å². The van der Waals surface area contributed by atoms with Crippen LogP contribution in [0.25, 0.3) is 0 Å². The lowest BCUT2D eigenvalue weighted by molar-refractivity contribution is 0.183. The van der Waals surface area contributed by atoms with Crippen LogP contribution in [0.4, 0.5) is 0 Å². The second-order valence-electron chi connectivity index (χ2n) is 4.01. The van der Waals surface area contributed by atoms with Gasteiger partial charge in [0.1, 0.15) is 0 Å². The van der Waals surface area contributed by atoms with Gasteiger partial charge in [0.15, 0.2) is 11.5 Å². The number of aromatic hydroxyl groups is 1. The molecule has 0 amide bonds. The number of aliphatic hydroxyl groups excluding tert-OH is 1. The quantitative estimate of drug-likeness (QED) is 0.721. The first kappa shape index (κ1) is 15.0. The summed E-state index contributed by atoms with van der Waals surface area (Å²) >= 11 is 5.94. The van der Waals surface area contributed by atoms with Gasteiger partial charge in [-0.2, -0.15) is 0 Å². The fraction of sp³-hybridized carbons (Fsp3) is 0.500. The van der Waals surface area contributed by atoms with Crippen molar-refractivity contribution in [2.24, 2.45) is 5.73 Å². The minimum atomic E-state index is -0.0934. The molecule has 0 aliphatic rings. The Bertz CT molecular complexity index is 401. The molecule has 0 spiro atoms. The number of phenolic OH excluding ortho intramolecular Hbond substituents is 1. The van der Waals surface area contributed by atoms with Crippen LogP contribution in [0.3, 0.4) is 0 Å². The van der Waals surface area contributed by atoms with Crippen molar-refractivity contribution in [1.82, 2.24) is 4.90 Å². The van der Waals surface area contributed by atoms with Gasteiger partial charge in [0.05, 0.1) is 18.7 Å². The van der Waals surface area contributed by atoms with Crippen LogP contribution in [0, 0.1) is 0 Å². The fourth-order valence-electron chi connectivity index (χ4n) is 1.83. The van der Waals surface area contributed by atoms with Crippen LogP contribution < -0.4 is 10.5 Å². The van der Waals surface area contributed by atoms with E-state index in [1.165, 1.54) is 7.11 Å². The summed E-state index contributed by atoms with van der Waals surface area (Å²) in [5, 5.41) is 18.9. The fourth-order valence-corrected chi connectivity index (χ4v) is 2.04. The topological polar surface area (TPSA) is 79.0 Å². The molecule has 0 aromatic heterocycles. The smallest absolute Gasteiger partial charge is 0.176 e.